The van der Waals surface area contributed by atoms with Gasteiger partial charge in [0.15, 0.2) is 0 Å². The first kappa shape index (κ1) is 13.6. The molecule has 2 atom stereocenters. The molecule has 20 heavy (non-hydrogen) atoms. The van der Waals surface area contributed by atoms with Crippen LogP contribution in [-0.2, 0) is 6.42 Å². The number of hydrazine groups is 1. The van der Waals surface area contributed by atoms with Gasteiger partial charge < -0.3 is 4.90 Å². The standard InChI is InChI=1S/C14H21N5S/c1-4-10-6-11-12(19(3)7-9-5-8(9)2)16-14(18-15)17-13(11)20-10/h6,8-9H,4-5,7,15H2,1-3H3,(H,16,17,18). The van der Waals surface area contributed by atoms with E-state index < -0.39 is 0 Å². The third-order valence-electron chi connectivity index (χ3n) is 4.05. The molecule has 2 aromatic rings. The van der Waals surface area contributed by atoms with Crippen molar-refractivity contribution in [2.45, 2.75) is 26.7 Å². The van der Waals surface area contributed by atoms with Crippen molar-refractivity contribution in [2.75, 3.05) is 23.9 Å². The molecule has 0 saturated heterocycles. The molecule has 0 amide bonds. The van der Waals surface area contributed by atoms with Crippen molar-refractivity contribution in [3.05, 3.63) is 10.9 Å². The number of nitrogens with two attached hydrogens (primary N) is 1. The van der Waals surface area contributed by atoms with Crippen molar-refractivity contribution in [1.29, 1.82) is 0 Å². The summed E-state index contributed by atoms with van der Waals surface area (Å²) in [6.07, 6.45) is 2.35. The van der Waals surface area contributed by atoms with Crippen molar-refractivity contribution in [3.63, 3.8) is 0 Å². The lowest BCUT2D eigenvalue weighted by Gasteiger charge is -2.19. The smallest absolute Gasteiger partial charge is 0.240 e. The average molecular weight is 291 g/mol. The minimum absolute atomic E-state index is 0.493. The summed E-state index contributed by atoms with van der Waals surface area (Å²) in [5, 5.41) is 1.14. The van der Waals surface area contributed by atoms with E-state index in [9.17, 15) is 0 Å². The van der Waals surface area contributed by atoms with Gasteiger partial charge in [0.25, 0.3) is 0 Å². The monoisotopic (exact) mass is 291 g/mol. The SMILES string of the molecule is CCc1cc2c(N(C)CC3CC3C)nc(NN)nc2s1. The normalized spacial score (nSPS) is 21.2. The Morgan fingerprint density at radius 2 is 2.25 bits per heavy atom. The van der Waals surface area contributed by atoms with Crippen LogP contribution in [0.25, 0.3) is 10.2 Å². The van der Waals surface area contributed by atoms with Crippen molar-refractivity contribution in [2.24, 2.45) is 17.7 Å². The van der Waals surface area contributed by atoms with Gasteiger partial charge in [-0.2, -0.15) is 4.98 Å². The first-order valence-corrected chi connectivity index (χ1v) is 7.92. The average Bonchev–Trinajstić information content (AvgIpc) is 2.99. The van der Waals surface area contributed by atoms with Gasteiger partial charge in [0.1, 0.15) is 10.6 Å². The fourth-order valence-electron chi connectivity index (χ4n) is 2.58. The summed E-state index contributed by atoms with van der Waals surface area (Å²) in [7, 11) is 2.11. The number of aryl methyl sites for hydroxylation is 1. The Balaban J connectivity index is 1.99. The molecule has 2 heterocycles. The van der Waals surface area contributed by atoms with Crippen LogP contribution >= 0.6 is 11.3 Å². The third kappa shape index (κ3) is 2.45. The van der Waals surface area contributed by atoms with Gasteiger partial charge in [0.2, 0.25) is 5.95 Å². The Kier molecular flexibility index (Phi) is 3.52. The van der Waals surface area contributed by atoms with Crippen molar-refractivity contribution < 1.29 is 0 Å². The second-order valence-corrected chi connectivity index (χ2v) is 6.77. The zero-order valence-corrected chi connectivity index (χ0v) is 13.0. The van der Waals surface area contributed by atoms with Crippen LogP contribution in [0.3, 0.4) is 0 Å². The van der Waals surface area contributed by atoms with Crippen molar-refractivity contribution >= 4 is 33.3 Å². The number of nitrogen functional groups attached to an aromatic ring is 1. The first-order chi connectivity index (χ1) is 9.62. The molecule has 3 rings (SSSR count). The Bertz CT molecular complexity index is 623. The molecular weight excluding hydrogens is 270 g/mol. The highest BCUT2D eigenvalue weighted by atomic mass is 32.1. The zero-order valence-electron chi connectivity index (χ0n) is 12.2. The molecule has 0 aliphatic heterocycles. The number of hydrogen-bond acceptors (Lipinski definition) is 6. The van der Waals surface area contributed by atoms with E-state index in [-0.39, 0.29) is 0 Å². The maximum Gasteiger partial charge on any atom is 0.240 e. The zero-order chi connectivity index (χ0) is 14.3. The Labute approximate surface area is 123 Å². The molecule has 1 fully saturated rings. The minimum Gasteiger partial charge on any atom is -0.359 e. The Morgan fingerprint density at radius 3 is 2.85 bits per heavy atom. The molecule has 1 aliphatic rings. The number of thiophene rings is 1. The van der Waals surface area contributed by atoms with Gasteiger partial charge in [-0.05, 0) is 30.7 Å². The van der Waals surface area contributed by atoms with Crippen LogP contribution in [0.2, 0.25) is 0 Å². The van der Waals surface area contributed by atoms with Crippen LogP contribution in [0.4, 0.5) is 11.8 Å². The molecule has 0 spiro atoms. The molecule has 5 nitrogen and oxygen atoms in total. The lowest BCUT2D eigenvalue weighted by molar-refractivity contribution is 0.721. The van der Waals surface area contributed by atoms with Gasteiger partial charge in [-0.3, -0.25) is 5.43 Å². The number of anilines is 2. The van der Waals surface area contributed by atoms with E-state index in [0.717, 1.165) is 40.8 Å². The second-order valence-electron chi connectivity index (χ2n) is 5.65. The van der Waals surface area contributed by atoms with Gasteiger partial charge in [-0.1, -0.05) is 13.8 Å². The molecule has 1 saturated carbocycles. The van der Waals surface area contributed by atoms with Gasteiger partial charge in [-0.25, -0.2) is 10.8 Å². The molecule has 0 radical (unpaired) electrons. The number of rotatable bonds is 5. The molecular formula is C14H21N5S. The number of nitrogens with zero attached hydrogens (tertiary/aromatic N) is 3. The number of aromatic nitrogens is 2. The van der Waals surface area contributed by atoms with Crippen LogP contribution in [0.5, 0.6) is 0 Å². The highest BCUT2D eigenvalue weighted by molar-refractivity contribution is 7.18. The maximum atomic E-state index is 5.50. The topological polar surface area (TPSA) is 67.1 Å². The largest absolute Gasteiger partial charge is 0.359 e. The number of nitrogens with one attached hydrogen (secondary N) is 1. The number of hydrogen-bond donors (Lipinski definition) is 2. The maximum absolute atomic E-state index is 5.50. The minimum atomic E-state index is 0.493. The van der Waals surface area contributed by atoms with Crippen LogP contribution < -0.4 is 16.2 Å². The molecule has 0 aromatic carbocycles. The van der Waals surface area contributed by atoms with E-state index in [1.165, 1.54) is 11.3 Å². The molecule has 2 aromatic heterocycles. The van der Waals surface area contributed by atoms with Crippen LogP contribution in [0.15, 0.2) is 6.07 Å². The van der Waals surface area contributed by atoms with E-state index in [4.69, 9.17) is 5.84 Å². The summed E-state index contributed by atoms with van der Waals surface area (Å²) in [4.78, 5) is 13.6. The van der Waals surface area contributed by atoms with Gasteiger partial charge >= 0.3 is 0 Å². The molecule has 2 unspecified atom stereocenters. The van der Waals surface area contributed by atoms with E-state index in [1.807, 2.05) is 0 Å². The first-order valence-electron chi connectivity index (χ1n) is 7.10. The Hall–Kier alpha value is -1.40. The van der Waals surface area contributed by atoms with E-state index in [2.05, 4.69) is 47.3 Å². The molecule has 6 heteroatoms. The highest BCUT2D eigenvalue weighted by Gasteiger charge is 2.33. The van der Waals surface area contributed by atoms with Crippen LogP contribution in [-0.4, -0.2) is 23.6 Å². The fourth-order valence-corrected chi connectivity index (χ4v) is 3.54. The number of fused-ring (bicyclic) bond motifs is 1. The summed E-state index contributed by atoms with van der Waals surface area (Å²) in [6.45, 7) is 5.52. The fraction of sp³-hybridized carbons (Fsp3) is 0.571. The lowest BCUT2D eigenvalue weighted by atomic mass is 10.2. The summed E-state index contributed by atoms with van der Waals surface area (Å²) >= 11 is 1.72. The molecule has 1 aliphatic carbocycles. The lowest BCUT2D eigenvalue weighted by Crippen LogP contribution is -2.23. The predicted molar refractivity (Wildman–Crippen MR) is 85.1 cm³/mol. The summed E-state index contributed by atoms with van der Waals surface area (Å²) < 4.78 is 0. The van der Waals surface area contributed by atoms with Gasteiger partial charge in [0.05, 0.1) is 5.39 Å². The van der Waals surface area contributed by atoms with Crippen LogP contribution in [0.1, 0.15) is 25.1 Å². The predicted octanol–water partition coefficient (Wildman–Crippen LogP) is 2.63. The van der Waals surface area contributed by atoms with E-state index in [0.29, 0.717) is 5.95 Å². The quantitative estimate of drug-likeness (QED) is 0.655. The molecule has 108 valence electrons. The highest BCUT2D eigenvalue weighted by Crippen LogP contribution is 2.39. The third-order valence-corrected chi connectivity index (χ3v) is 5.22. The van der Waals surface area contributed by atoms with Crippen molar-refractivity contribution in [1.82, 2.24) is 9.97 Å². The molecule has 3 N–H and O–H groups in total. The second kappa shape index (κ2) is 5.18. The van der Waals surface area contributed by atoms with E-state index >= 15 is 0 Å². The molecule has 0 bridgehead atoms. The van der Waals surface area contributed by atoms with Gasteiger partial charge in [-0.15, -0.1) is 11.3 Å². The summed E-state index contributed by atoms with van der Waals surface area (Å²) in [5.41, 5.74) is 2.58. The van der Waals surface area contributed by atoms with Gasteiger partial charge in [0, 0.05) is 18.5 Å². The Morgan fingerprint density at radius 1 is 1.50 bits per heavy atom. The van der Waals surface area contributed by atoms with E-state index in [1.54, 1.807) is 11.3 Å². The summed E-state index contributed by atoms with van der Waals surface area (Å²) in [5.74, 6) is 8.61. The summed E-state index contributed by atoms with van der Waals surface area (Å²) in [6, 6.07) is 2.21. The van der Waals surface area contributed by atoms with Crippen molar-refractivity contribution in [3.8, 4) is 0 Å². The van der Waals surface area contributed by atoms with Crippen LogP contribution in [0, 0.1) is 11.8 Å².